The van der Waals surface area contributed by atoms with Gasteiger partial charge in [0.2, 0.25) is 6.43 Å². The van der Waals surface area contributed by atoms with Gasteiger partial charge in [0.25, 0.3) is 0 Å². The minimum Gasteiger partial charge on any atom is -0.392 e. The van der Waals surface area contributed by atoms with Crippen LogP contribution in [0.2, 0.25) is 0 Å². The summed E-state index contributed by atoms with van der Waals surface area (Å²) in [4.78, 5) is 17.5. The maximum absolute atomic E-state index is 13.5. The van der Waals surface area contributed by atoms with Gasteiger partial charge in [0, 0.05) is 13.0 Å². The molecule has 0 unspecified atom stereocenters. The van der Waals surface area contributed by atoms with Crippen LogP contribution in [0.15, 0.2) is 29.8 Å². The van der Waals surface area contributed by atoms with E-state index in [1.165, 1.54) is 11.3 Å². The van der Waals surface area contributed by atoms with Crippen molar-refractivity contribution in [1.82, 2.24) is 10.3 Å². The van der Waals surface area contributed by atoms with Gasteiger partial charge in [-0.25, -0.2) is 13.8 Å². The summed E-state index contributed by atoms with van der Waals surface area (Å²) in [6.07, 6.45) is -3.15. The SMILES string of the molecule is Cc1ncsc1-c1ccc([C@@H](CC(=O)[C@@H]2C[C@@H](O)CN2)C(F)F)cc1. The average molecular weight is 366 g/mol. The summed E-state index contributed by atoms with van der Waals surface area (Å²) in [5.74, 6) is -1.41. The van der Waals surface area contributed by atoms with Crippen molar-refractivity contribution in [3.8, 4) is 10.4 Å². The standard InChI is InChI=1S/C18H20F2N2O2S/c1-10-17(25-9-22-10)12-4-2-11(3-5-12)14(18(19)20)7-16(24)15-6-13(23)8-21-15/h2-5,9,13-15,18,21,23H,6-8H2,1H3/t13-,14-,15+/m1/s1. The predicted octanol–water partition coefficient (Wildman–Crippen LogP) is 3.15. The first-order chi connectivity index (χ1) is 12.0. The maximum Gasteiger partial charge on any atom is 0.245 e. The largest absolute Gasteiger partial charge is 0.392 e. The smallest absolute Gasteiger partial charge is 0.245 e. The fourth-order valence-corrected chi connectivity index (χ4v) is 3.95. The van der Waals surface area contributed by atoms with Gasteiger partial charge in [0.15, 0.2) is 5.78 Å². The second-order valence-corrected chi connectivity index (χ2v) is 7.21. The number of aromatic nitrogens is 1. The molecule has 0 radical (unpaired) electrons. The Morgan fingerprint density at radius 2 is 2.12 bits per heavy atom. The number of ketones is 1. The van der Waals surface area contributed by atoms with Gasteiger partial charge in [-0.3, -0.25) is 4.79 Å². The number of carbonyl (C=O) groups is 1. The number of aliphatic hydroxyl groups excluding tert-OH is 1. The van der Waals surface area contributed by atoms with E-state index in [-0.39, 0.29) is 12.2 Å². The molecule has 2 N–H and O–H groups in total. The Balaban J connectivity index is 1.74. The van der Waals surface area contributed by atoms with Crippen molar-refractivity contribution < 1.29 is 18.7 Å². The van der Waals surface area contributed by atoms with Crippen LogP contribution in [-0.4, -0.2) is 41.0 Å². The zero-order chi connectivity index (χ0) is 18.0. The number of hydrogen-bond donors (Lipinski definition) is 2. The van der Waals surface area contributed by atoms with E-state index < -0.39 is 24.5 Å². The lowest BCUT2D eigenvalue weighted by atomic mass is 9.90. The molecule has 4 nitrogen and oxygen atoms in total. The predicted molar refractivity (Wildman–Crippen MR) is 93.1 cm³/mol. The van der Waals surface area contributed by atoms with Gasteiger partial charge < -0.3 is 10.4 Å². The van der Waals surface area contributed by atoms with Crippen molar-refractivity contribution >= 4 is 17.1 Å². The Labute approximate surface area is 148 Å². The van der Waals surface area contributed by atoms with Crippen molar-refractivity contribution in [3.05, 3.63) is 41.0 Å². The van der Waals surface area contributed by atoms with Crippen LogP contribution in [-0.2, 0) is 4.79 Å². The number of Topliss-reactive ketones (excluding diaryl/α,β-unsaturated/α-hetero) is 1. The number of benzene rings is 1. The highest BCUT2D eigenvalue weighted by Gasteiger charge is 2.32. The molecule has 2 aromatic rings. The molecule has 0 spiro atoms. The Morgan fingerprint density at radius 3 is 2.64 bits per heavy atom. The number of aliphatic hydroxyl groups is 1. The van der Waals surface area contributed by atoms with Gasteiger partial charge in [0.1, 0.15) is 0 Å². The molecule has 1 aromatic carbocycles. The van der Waals surface area contributed by atoms with Crippen molar-refractivity contribution in [1.29, 1.82) is 0 Å². The fraction of sp³-hybridized carbons (Fsp3) is 0.444. The monoisotopic (exact) mass is 366 g/mol. The van der Waals surface area contributed by atoms with Crippen molar-refractivity contribution in [3.63, 3.8) is 0 Å². The Hall–Kier alpha value is -1.70. The van der Waals surface area contributed by atoms with Crippen LogP contribution in [0, 0.1) is 6.92 Å². The van der Waals surface area contributed by atoms with Gasteiger partial charge >= 0.3 is 0 Å². The van der Waals surface area contributed by atoms with E-state index in [4.69, 9.17) is 0 Å². The summed E-state index contributed by atoms with van der Waals surface area (Å²) in [5, 5.41) is 12.4. The van der Waals surface area contributed by atoms with E-state index in [1.807, 2.05) is 6.92 Å². The zero-order valence-electron chi connectivity index (χ0n) is 13.8. The average Bonchev–Trinajstić information content (AvgIpc) is 3.21. The lowest BCUT2D eigenvalue weighted by molar-refractivity contribution is -0.122. The third-order valence-electron chi connectivity index (χ3n) is 4.57. The molecule has 3 rings (SSSR count). The number of halogens is 2. The molecule has 0 bridgehead atoms. The topological polar surface area (TPSA) is 62.2 Å². The van der Waals surface area contributed by atoms with Gasteiger partial charge in [0.05, 0.1) is 34.1 Å². The molecular formula is C18H20F2N2O2S. The first-order valence-corrected chi connectivity index (χ1v) is 9.06. The van der Waals surface area contributed by atoms with E-state index in [2.05, 4.69) is 10.3 Å². The third-order valence-corrected chi connectivity index (χ3v) is 5.55. The van der Waals surface area contributed by atoms with E-state index >= 15 is 0 Å². The second kappa shape index (κ2) is 7.68. The van der Waals surface area contributed by atoms with Crippen LogP contribution < -0.4 is 5.32 Å². The Morgan fingerprint density at radius 1 is 1.40 bits per heavy atom. The normalized spacial score (nSPS) is 21.6. The van der Waals surface area contributed by atoms with Crippen molar-refractivity contribution in [2.45, 2.75) is 44.3 Å². The molecule has 3 atom stereocenters. The maximum atomic E-state index is 13.5. The molecule has 0 amide bonds. The highest BCUT2D eigenvalue weighted by molar-refractivity contribution is 7.13. The number of alkyl halides is 2. The zero-order valence-corrected chi connectivity index (χ0v) is 14.6. The van der Waals surface area contributed by atoms with E-state index in [0.717, 1.165) is 16.1 Å². The quantitative estimate of drug-likeness (QED) is 0.824. The second-order valence-electron chi connectivity index (χ2n) is 6.35. The molecule has 25 heavy (non-hydrogen) atoms. The number of nitrogens with zero attached hydrogens (tertiary/aromatic N) is 1. The first kappa shape index (κ1) is 18.1. The van der Waals surface area contributed by atoms with Crippen LogP contribution in [0.4, 0.5) is 8.78 Å². The van der Waals surface area contributed by atoms with Crippen LogP contribution in [0.1, 0.15) is 30.0 Å². The first-order valence-electron chi connectivity index (χ1n) is 8.18. The van der Waals surface area contributed by atoms with Gasteiger partial charge in [-0.1, -0.05) is 24.3 Å². The third kappa shape index (κ3) is 4.11. The van der Waals surface area contributed by atoms with Crippen LogP contribution in [0.25, 0.3) is 10.4 Å². The number of aryl methyl sites for hydroxylation is 1. The Kier molecular flexibility index (Phi) is 5.56. The van der Waals surface area contributed by atoms with E-state index in [0.29, 0.717) is 18.5 Å². The molecular weight excluding hydrogens is 346 g/mol. The van der Waals surface area contributed by atoms with E-state index in [9.17, 15) is 18.7 Å². The number of hydrogen-bond acceptors (Lipinski definition) is 5. The lowest BCUT2D eigenvalue weighted by Crippen LogP contribution is -2.32. The van der Waals surface area contributed by atoms with Gasteiger partial charge in [-0.15, -0.1) is 11.3 Å². The minimum atomic E-state index is -2.62. The summed E-state index contributed by atoms with van der Waals surface area (Å²) in [6.45, 7) is 2.24. The molecule has 0 aliphatic carbocycles. The molecule has 134 valence electrons. The number of thiazole rings is 1. The number of nitrogens with one attached hydrogen (secondary N) is 1. The highest BCUT2D eigenvalue weighted by Crippen LogP contribution is 2.32. The number of carbonyl (C=O) groups excluding carboxylic acids is 1. The molecule has 1 aliphatic rings. The molecule has 1 aromatic heterocycles. The molecule has 2 heterocycles. The van der Waals surface area contributed by atoms with Crippen LogP contribution in [0.5, 0.6) is 0 Å². The summed E-state index contributed by atoms with van der Waals surface area (Å²) in [6, 6.07) is 6.39. The molecule has 7 heteroatoms. The fourth-order valence-electron chi connectivity index (χ4n) is 3.13. The molecule has 1 aliphatic heterocycles. The van der Waals surface area contributed by atoms with Crippen molar-refractivity contribution in [2.24, 2.45) is 0 Å². The highest BCUT2D eigenvalue weighted by atomic mass is 32.1. The van der Waals surface area contributed by atoms with Gasteiger partial charge in [-0.2, -0.15) is 0 Å². The van der Waals surface area contributed by atoms with Crippen LogP contribution in [0.3, 0.4) is 0 Å². The van der Waals surface area contributed by atoms with Gasteiger partial charge in [-0.05, 0) is 24.5 Å². The summed E-state index contributed by atoms with van der Waals surface area (Å²) in [5.41, 5.74) is 4.04. The van der Waals surface area contributed by atoms with E-state index in [1.54, 1.807) is 29.8 Å². The molecule has 1 saturated heterocycles. The summed E-state index contributed by atoms with van der Waals surface area (Å²) >= 11 is 1.51. The molecule has 1 fully saturated rings. The lowest BCUT2D eigenvalue weighted by Gasteiger charge is -2.18. The number of β-amino-alcohol motifs (C(OH)–C–C–N with tert-alkyl or cyclic N) is 1. The van der Waals surface area contributed by atoms with Crippen molar-refractivity contribution in [2.75, 3.05) is 6.54 Å². The molecule has 0 saturated carbocycles. The minimum absolute atomic E-state index is 0.235. The summed E-state index contributed by atoms with van der Waals surface area (Å²) in [7, 11) is 0. The Bertz CT molecular complexity index is 733. The summed E-state index contributed by atoms with van der Waals surface area (Å²) < 4.78 is 27.0. The van der Waals surface area contributed by atoms with Crippen LogP contribution >= 0.6 is 11.3 Å². The number of rotatable bonds is 6.